The van der Waals surface area contributed by atoms with E-state index in [9.17, 15) is 4.79 Å². The van der Waals surface area contributed by atoms with Crippen LogP contribution in [0.15, 0.2) is 4.99 Å². The summed E-state index contributed by atoms with van der Waals surface area (Å²) in [7, 11) is 0. The van der Waals surface area contributed by atoms with Gasteiger partial charge >= 0.3 is 6.09 Å². The van der Waals surface area contributed by atoms with Crippen LogP contribution in [0, 0.1) is 0 Å². The second-order valence-corrected chi connectivity index (χ2v) is 5.05. The lowest BCUT2D eigenvalue weighted by Gasteiger charge is -2.19. The topological polar surface area (TPSA) is 123 Å². The van der Waals surface area contributed by atoms with Crippen molar-refractivity contribution in [2.75, 3.05) is 6.61 Å². The summed E-state index contributed by atoms with van der Waals surface area (Å²) in [6.45, 7) is 6.02. The van der Waals surface area contributed by atoms with Crippen LogP contribution in [0.5, 0.6) is 0 Å². The molecule has 0 bridgehead atoms. The van der Waals surface area contributed by atoms with Gasteiger partial charge in [-0.15, -0.1) is 0 Å². The molecule has 106 valence electrons. The molecule has 0 aliphatic carbocycles. The van der Waals surface area contributed by atoms with Gasteiger partial charge in [0.2, 0.25) is 0 Å². The fourth-order valence-corrected chi connectivity index (χ4v) is 1.33. The van der Waals surface area contributed by atoms with Crippen LogP contribution in [0.1, 0.15) is 40.0 Å². The zero-order valence-corrected chi connectivity index (χ0v) is 11.3. The largest absolute Gasteiger partial charge is 0.450 e. The van der Waals surface area contributed by atoms with E-state index in [4.69, 9.17) is 16.7 Å². The summed E-state index contributed by atoms with van der Waals surface area (Å²) in [6, 6.07) is -0.372. The van der Waals surface area contributed by atoms with E-state index in [-0.39, 0.29) is 18.2 Å². The van der Waals surface area contributed by atoms with Crippen LogP contribution in [0.25, 0.3) is 0 Å². The molecule has 0 radical (unpaired) electrons. The minimum absolute atomic E-state index is 0.278. The van der Waals surface area contributed by atoms with Crippen molar-refractivity contribution in [3.8, 4) is 0 Å². The third-order valence-electron chi connectivity index (χ3n) is 2.08. The molecule has 0 saturated heterocycles. The standard InChI is InChI=1S/C11H24N4O3/c1-11(2,3)14-9(15-17)8(12)6-4-5-7-18-10(13)16/h8,17H,4-7,12H2,1-3H3,(H2,13,16)(H,14,15)/t8-/m0/s1. The van der Waals surface area contributed by atoms with E-state index < -0.39 is 6.09 Å². The van der Waals surface area contributed by atoms with Crippen LogP contribution in [0.4, 0.5) is 4.79 Å². The van der Waals surface area contributed by atoms with Crippen molar-refractivity contribution in [1.29, 1.82) is 0 Å². The lowest BCUT2D eigenvalue weighted by molar-refractivity contribution is 0.154. The number of aliphatic imine (C=N–C) groups is 1. The minimum Gasteiger partial charge on any atom is -0.450 e. The van der Waals surface area contributed by atoms with E-state index in [1.165, 1.54) is 0 Å². The molecule has 0 aromatic heterocycles. The highest BCUT2D eigenvalue weighted by Gasteiger charge is 2.15. The number of nitrogens with one attached hydrogen (secondary N) is 1. The summed E-state index contributed by atoms with van der Waals surface area (Å²) in [5, 5.41) is 8.99. The predicted octanol–water partition coefficient (Wildman–Crippen LogP) is 0.755. The van der Waals surface area contributed by atoms with Gasteiger partial charge in [-0.05, 0) is 40.0 Å². The second kappa shape index (κ2) is 7.88. The minimum atomic E-state index is -0.772. The molecule has 18 heavy (non-hydrogen) atoms. The first-order valence-electron chi connectivity index (χ1n) is 5.94. The Bertz CT molecular complexity index is 287. The van der Waals surface area contributed by atoms with E-state index in [0.29, 0.717) is 18.7 Å². The third-order valence-corrected chi connectivity index (χ3v) is 2.08. The molecule has 7 nitrogen and oxygen atoms in total. The first-order chi connectivity index (χ1) is 8.26. The number of hydrogen-bond acceptors (Lipinski definition) is 5. The molecule has 0 rings (SSSR count). The van der Waals surface area contributed by atoms with Gasteiger partial charge in [0, 0.05) is 0 Å². The van der Waals surface area contributed by atoms with Gasteiger partial charge in [0.1, 0.15) is 5.84 Å². The van der Waals surface area contributed by atoms with Crippen molar-refractivity contribution in [2.24, 2.45) is 16.5 Å². The maximum atomic E-state index is 10.3. The highest BCUT2D eigenvalue weighted by Crippen LogP contribution is 2.08. The average molecular weight is 260 g/mol. The lowest BCUT2D eigenvalue weighted by atomic mass is 10.1. The number of nitrogens with two attached hydrogens (primary N) is 2. The Morgan fingerprint density at radius 2 is 2.06 bits per heavy atom. The Hall–Kier alpha value is -1.34. The third kappa shape index (κ3) is 8.77. The van der Waals surface area contributed by atoms with Gasteiger partial charge in [-0.1, -0.05) is 0 Å². The summed E-state index contributed by atoms with van der Waals surface area (Å²) in [5.41, 5.74) is 12.4. The number of amides is 1. The molecule has 1 atom stereocenters. The molecule has 7 heteroatoms. The summed E-state index contributed by atoms with van der Waals surface area (Å²) in [6.07, 6.45) is 1.28. The number of ether oxygens (including phenoxy) is 1. The van der Waals surface area contributed by atoms with Crippen molar-refractivity contribution < 1.29 is 14.7 Å². The van der Waals surface area contributed by atoms with Crippen LogP contribution in [-0.2, 0) is 4.74 Å². The molecular weight excluding hydrogens is 236 g/mol. The van der Waals surface area contributed by atoms with Gasteiger partial charge in [-0.25, -0.2) is 4.79 Å². The Balaban J connectivity index is 4.02. The number of unbranched alkanes of at least 4 members (excludes halogenated alkanes) is 1. The van der Waals surface area contributed by atoms with Crippen molar-refractivity contribution in [1.82, 2.24) is 5.48 Å². The molecule has 0 spiro atoms. The van der Waals surface area contributed by atoms with E-state index >= 15 is 0 Å². The quantitative estimate of drug-likeness (QED) is 0.243. The van der Waals surface area contributed by atoms with Crippen LogP contribution in [0.2, 0.25) is 0 Å². The molecule has 0 aromatic carbocycles. The number of carbonyl (C=O) groups is 1. The summed E-state index contributed by atoms with van der Waals surface area (Å²) < 4.78 is 4.59. The van der Waals surface area contributed by atoms with Crippen LogP contribution in [0.3, 0.4) is 0 Å². The average Bonchev–Trinajstić information content (AvgIpc) is 2.23. The second-order valence-electron chi connectivity index (χ2n) is 5.05. The van der Waals surface area contributed by atoms with Crippen LogP contribution >= 0.6 is 0 Å². The molecule has 0 aliphatic rings. The normalized spacial score (nSPS) is 14.2. The lowest BCUT2D eigenvalue weighted by Crippen LogP contribution is -2.41. The number of amidine groups is 1. The molecule has 0 saturated carbocycles. The maximum Gasteiger partial charge on any atom is 0.404 e. The van der Waals surface area contributed by atoms with Crippen molar-refractivity contribution in [3.63, 3.8) is 0 Å². The van der Waals surface area contributed by atoms with Gasteiger partial charge in [0.25, 0.3) is 0 Å². The monoisotopic (exact) mass is 260 g/mol. The molecule has 0 aliphatic heterocycles. The zero-order valence-electron chi connectivity index (χ0n) is 11.3. The van der Waals surface area contributed by atoms with Crippen molar-refractivity contribution in [3.05, 3.63) is 0 Å². The van der Waals surface area contributed by atoms with E-state index in [0.717, 1.165) is 6.42 Å². The Labute approximate surface area is 108 Å². The first-order valence-corrected chi connectivity index (χ1v) is 5.94. The van der Waals surface area contributed by atoms with Gasteiger partial charge in [-0.3, -0.25) is 15.7 Å². The molecule has 0 unspecified atom stereocenters. The number of rotatable bonds is 6. The summed E-state index contributed by atoms with van der Waals surface area (Å²) >= 11 is 0. The predicted molar refractivity (Wildman–Crippen MR) is 69.5 cm³/mol. The molecule has 0 heterocycles. The Kier molecular flexibility index (Phi) is 7.30. The molecule has 0 fully saturated rings. The highest BCUT2D eigenvalue weighted by atomic mass is 16.5. The molecule has 1 amide bonds. The zero-order chi connectivity index (χ0) is 14.2. The highest BCUT2D eigenvalue weighted by molar-refractivity contribution is 5.86. The number of carbonyl (C=O) groups excluding carboxylic acids is 1. The maximum absolute atomic E-state index is 10.3. The SMILES string of the molecule is CC(C)(C)N=C(NO)[C@@H](N)CCCCOC(N)=O. The van der Waals surface area contributed by atoms with Crippen molar-refractivity contribution >= 4 is 11.9 Å². The number of hydrogen-bond donors (Lipinski definition) is 4. The smallest absolute Gasteiger partial charge is 0.404 e. The molecular formula is C11H24N4O3. The number of hydroxylamine groups is 1. The Morgan fingerprint density at radius 1 is 1.44 bits per heavy atom. The first kappa shape index (κ1) is 16.7. The van der Waals surface area contributed by atoms with Crippen LogP contribution < -0.4 is 16.9 Å². The number of primary amides is 1. The van der Waals surface area contributed by atoms with Crippen LogP contribution in [-0.4, -0.2) is 35.3 Å². The van der Waals surface area contributed by atoms with Crippen molar-refractivity contribution in [2.45, 2.75) is 51.6 Å². The fraction of sp³-hybridized carbons (Fsp3) is 0.818. The fourth-order valence-electron chi connectivity index (χ4n) is 1.33. The molecule has 6 N–H and O–H groups in total. The van der Waals surface area contributed by atoms with Gasteiger partial charge in [0.05, 0.1) is 18.2 Å². The van der Waals surface area contributed by atoms with E-state index in [1.807, 2.05) is 26.3 Å². The van der Waals surface area contributed by atoms with E-state index in [2.05, 4.69) is 9.73 Å². The van der Waals surface area contributed by atoms with Gasteiger partial charge in [-0.2, -0.15) is 0 Å². The molecule has 0 aromatic rings. The summed E-state index contributed by atoms with van der Waals surface area (Å²) in [5.74, 6) is 0.360. The Morgan fingerprint density at radius 3 is 2.50 bits per heavy atom. The number of nitrogens with zero attached hydrogens (tertiary/aromatic N) is 1. The van der Waals surface area contributed by atoms with E-state index in [1.54, 1.807) is 0 Å². The summed E-state index contributed by atoms with van der Waals surface area (Å²) in [4.78, 5) is 14.6. The van der Waals surface area contributed by atoms with Gasteiger partial charge < -0.3 is 16.2 Å². The van der Waals surface area contributed by atoms with Gasteiger partial charge in [0.15, 0.2) is 0 Å².